The lowest BCUT2D eigenvalue weighted by atomic mass is 9.95. The van der Waals surface area contributed by atoms with Gasteiger partial charge in [0.1, 0.15) is 0 Å². The molecule has 0 aliphatic heterocycles. The minimum atomic E-state index is -0.0519. The summed E-state index contributed by atoms with van der Waals surface area (Å²) in [6.45, 7) is 8.74. The third-order valence-electron chi connectivity index (χ3n) is 4.90. The smallest absolute Gasteiger partial charge is 0.253 e. The SMILES string of the molecule is Cc1cc(C(=O)NCCNC(=O)C(C)C)c(C)n1C1CCCCC1. The average Bonchev–Trinajstić information content (AvgIpc) is 2.86. The fourth-order valence-electron chi connectivity index (χ4n) is 3.57. The van der Waals surface area contributed by atoms with E-state index < -0.39 is 0 Å². The zero-order valence-corrected chi connectivity index (χ0v) is 15.4. The van der Waals surface area contributed by atoms with Crippen LogP contribution < -0.4 is 10.6 Å². The van der Waals surface area contributed by atoms with E-state index in [4.69, 9.17) is 0 Å². The summed E-state index contributed by atoms with van der Waals surface area (Å²) in [5.41, 5.74) is 2.98. The van der Waals surface area contributed by atoms with E-state index in [-0.39, 0.29) is 17.7 Å². The number of aromatic nitrogens is 1. The molecule has 1 aliphatic carbocycles. The molecule has 1 aromatic rings. The van der Waals surface area contributed by atoms with E-state index in [1.165, 1.54) is 32.1 Å². The zero-order valence-electron chi connectivity index (χ0n) is 15.4. The molecule has 2 N–H and O–H groups in total. The van der Waals surface area contributed by atoms with Gasteiger partial charge < -0.3 is 15.2 Å². The molecule has 5 heteroatoms. The average molecular weight is 333 g/mol. The van der Waals surface area contributed by atoms with Crippen LogP contribution in [0.5, 0.6) is 0 Å². The van der Waals surface area contributed by atoms with Crippen LogP contribution in [-0.4, -0.2) is 29.5 Å². The Morgan fingerprint density at radius 2 is 1.75 bits per heavy atom. The summed E-state index contributed by atoms with van der Waals surface area (Å²) < 4.78 is 2.34. The first kappa shape index (κ1) is 18.6. The highest BCUT2D eigenvalue weighted by atomic mass is 16.2. The van der Waals surface area contributed by atoms with Gasteiger partial charge in [-0.1, -0.05) is 33.1 Å². The van der Waals surface area contributed by atoms with Crippen molar-refractivity contribution in [2.75, 3.05) is 13.1 Å². The second-order valence-electron chi connectivity index (χ2n) is 7.15. The normalized spacial score (nSPS) is 15.5. The number of hydrogen-bond donors (Lipinski definition) is 2. The van der Waals surface area contributed by atoms with Crippen molar-refractivity contribution in [1.82, 2.24) is 15.2 Å². The van der Waals surface area contributed by atoms with Gasteiger partial charge in [0.25, 0.3) is 5.91 Å². The quantitative estimate of drug-likeness (QED) is 0.786. The van der Waals surface area contributed by atoms with Gasteiger partial charge in [0.15, 0.2) is 0 Å². The van der Waals surface area contributed by atoms with Crippen LogP contribution >= 0.6 is 0 Å². The van der Waals surface area contributed by atoms with Crippen LogP contribution in [-0.2, 0) is 4.79 Å². The number of aryl methyl sites for hydroxylation is 1. The Hall–Kier alpha value is -1.78. The molecule has 0 unspecified atom stereocenters. The first-order valence-corrected chi connectivity index (χ1v) is 9.16. The lowest BCUT2D eigenvalue weighted by molar-refractivity contribution is -0.123. The van der Waals surface area contributed by atoms with Crippen LogP contribution in [0.4, 0.5) is 0 Å². The van der Waals surface area contributed by atoms with Crippen LogP contribution in [0.25, 0.3) is 0 Å². The molecule has 134 valence electrons. The van der Waals surface area contributed by atoms with Gasteiger partial charge >= 0.3 is 0 Å². The van der Waals surface area contributed by atoms with E-state index in [0.717, 1.165) is 17.0 Å². The number of carbonyl (C=O) groups is 2. The Labute approximate surface area is 145 Å². The molecule has 0 spiro atoms. The molecule has 1 fully saturated rings. The van der Waals surface area contributed by atoms with Gasteiger partial charge in [-0.05, 0) is 32.8 Å². The van der Waals surface area contributed by atoms with Gasteiger partial charge in [-0.3, -0.25) is 9.59 Å². The Kier molecular flexibility index (Phi) is 6.46. The predicted octanol–water partition coefficient (Wildman–Crippen LogP) is 3.11. The minimum Gasteiger partial charge on any atom is -0.354 e. The number of nitrogens with one attached hydrogen (secondary N) is 2. The number of rotatable bonds is 6. The lowest BCUT2D eigenvalue weighted by Crippen LogP contribution is -2.36. The van der Waals surface area contributed by atoms with Gasteiger partial charge in [-0.2, -0.15) is 0 Å². The molecule has 0 atom stereocenters. The van der Waals surface area contributed by atoms with Crippen LogP contribution in [0.1, 0.15) is 73.7 Å². The van der Waals surface area contributed by atoms with E-state index in [9.17, 15) is 9.59 Å². The first-order chi connectivity index (χ1) is 11.4. The molecule has 2 amide bonds. The third kappa shape index (κ3) is 4.40. The van der Waals surface area contributed by atoms with E-state index in [0.29, 0.717) is 19.1 Å². The van der Waals surface area contributed by atoms with Gasteiger partial charge in [0, 0.05) is 36.4 Å². The van der Waals surface area contributed by atoms with Crippen LogP contribution in [0.15, 0.2) is 6.07 Å². The number of amides is 2. The van der Waals surface area contributed by atoms with E-state index >= 15 is 0 Å². The molecular weight excluding hydrogens is 302 g/mol. The van der Waals surface area contributed by atoms with Crippen LogP contribution in [0.3, 0.4) is 0 Å². The highest BCUT2D eigenvalue weighted by Gasteiger charge is 2.22. The Morgan fingerprint density at radius 3 is 2.38 bits per heavy atom. The summed E-state index contributed by atoms with van der Waals surface area (Å²) in [4.78, 5) is 24.0. The molecule has 1 saturated carbocycles. The van der Waals surface area contributed by atoms with Crippen molar-refractivity contribution in [2.24, 2.45) is 5.92 Å². The lowest BCUT2D eigenvalue weighted by Gasteiger charge is -2.26. The Bertz CT molecular complexity index is 584. The summed E-state index contributed by atoms with van der Waals surface area (Å²) in [6.07, 6.45) is 6.29. The molecule has 1 aliphatic rings. The second-order valence-corrected chi connectivity index (χ2v) is 7.15. The van der Waals surface area contributed by atoms with Crippen molar-refractivity contribution >= 4 is 11.8 Å². The highest BCUT2D eigenvalue weighted by Crippen LogP contribution is 2.32. The first-order valence-electron chi connectivity index (χ1n) is 9.16. The summed E-state index contributed by atoms with van der Waals surface area (Å²) in [6, 6.07) is 2.53. The maximum absolute atomic E-state index is 12.5. The van der Waals surface area contributed by atoms with Crippen molar-refractivity contribution in [3.63, 3.8) is 0 Å². The fraction of sp³-hybridized carbons (Fsp3) is 0.684. The number of carbonyl (C=O) groups excluding carboxylic acids is 2. The molecule has 0 bridgehead atoms. The Balaban J connectivity index is 1.94. The molecule has 5 nitrogen and oxygen atoms in total. The molecule has 24 heavy (non-hydrogen) atoms. The van der Waals surface area contributed by atoms with Crippen molar-refractivity contribution < 1.29 is 9.59 Å². The highest BCUT2D eigenvalue weighted by molar-refractivity contribution is 5.95. The van der Waals surface area contributed by atoms with Gasteiger partial charge in [0.05, 0.1) is 5.56 Å². The monoisotopic (exact) mass is 333 g/mol. The summed E-state index contributed by atoms with van der Waals surface area (Å²) >= 11 is 0. The molecular formula is C19H31N3O2. The van der Waals surface area contributed by atoms with Crippen molar-refractivity contribution in [2.45, 2.75) is 65.8 Å². The third-order valence-corrected chi connectivity index (χ3v) is 4.90. The number of hydrogen-bond acceptors (Lipinski definition) is 2. The molecule has 1 heterocycles. The summed E-state index contributed by atoms with van der Waals surface area (Å²) in [5, 5.41) is 5.72. The predicted molar refractivity (Wildman–Crippen MR) is 96.2 cm³/mol. The van der Waals surface area contributed by atoms with Gasteiger partial charge in [-0.15, -0.1) is 0 Å². The molecule has 0 saturated heterocycles. The maximum atomic E-state index is 12.5. The second kappa shape index (κ2) is 8.36. The van der Waals surface area contributed by atoms with E-state index in [1.54, 1.807) is 0 Å². The van der Waals surface area contributed by atoms with E-state index in [1.807, 2.05) is 26.8 Å². The van der Waals surface area contributed by atoms with Crippen LogP contribution in [0, 0.1) is 19.8 Å². The molecule has 1 aromatic heterocycles. The van der Waals surface area contributed by atoms with Crippen molar-refractivity contribution in [1.29, 1.82) is 0 Å². The maximum Gasteiger partial charge on any atom is 0.253 e. The molecule has 0 aromatic carbocycles. The fourth-order valence-corrected chi connectivity index (χ4v) is 3.57. The summed E-state index contributed by atoms with van der Waals surface area (Å²) in [5.74, 6) is -0.0706. The molecule has 0 radical (unpaired) electrons. The largest absolute Gasteiger partial charge is 0.354 e. The van der Waals surface area contributed by atoms with Crippen LogP contribution in [0.2, 0.25) is 0 Å². The zero-order chi connectivity index (χ0) is 17.7. The minimum absolute atomic E-state index is 0.0136. The van der Waals surface area contributed by atoms with Crippen molar-refractivity contribution in [3.8, 4) is 0 Å². The number of nitrogens with zero attached hydrogens (tertiary/aromatic N) is 1. The van der Waals surface area contributed by atoms with Gasteiger partial charge in [-0.25, -0.2) is 0 Å². The standard InChI is InChI=1S/C19H31N3O2/c1-13(2)18(23)20-10-11-21-19(24)17-12-14(3)22(15(17)4)16-8-6-5-7-9-16/h12-13,16H,5-11H2,1-4H3,(H,20,23)(H,21,24). The van der Waals surface area contributed by atoms with E-state index in [2.05, 4.69) is 22.1 Å². The topological polar surface area (TPSA) is 63.1 Å². The van der Waals surface area contributed by atoms with Crippen molar-refractivity contribution in [3.05, 3.63) is 23.0 Å². The summed E-state index contributed by atoms with van der Waals surface area (Å²) in [7, 11) is 0. The molecule has 2 rings (SSSR count). The van der Waals surface area contributed by atoms with Gasteiger partial charge in [0.2, 0.25) is 5.91 Å². The Morgan fingerprint density at radius 1 is 1.12 bits per heavy atom.